The minimum absolute atomic E-state index is 0.0616. The summed E-state index contributed by atoms with van der Waals surface area (Å²) in [5.41, 5.74) is 11.1. The van der Waals surface area contributed by atoms with E-state index in [9.17, 15) is 4.79 Å². The molecule has 0 unspecified atom stereocenters. The average molecular weight is 241 g/mol. The van der Waals surface area contributed by atoms with Crippen LogP contribution in [0.25, 0.3) is 0 Å². The second-order valence-electron chi connectivity index (χ2n) is 3.95. The molecular weight excluding hydrogens is 228 g/mol. The molecule has 4 N–H and O–H groups in total. The number of hydrogen-bond acceptors (Lipinski definition) is 3. The lowest BCUT2D eigenvalue weighted by atomic mass is 9.90. The van der Waals surface area contributed by atoms with Gasteiger partial charge in [0.05, 0.1) is 10.6 Å². The van der Waals surface area contributed by atoms with Gasteiger partial charge in [0.15, 0.2) is 0 Å². The Bertz CT molecular complexity index is 416. The molecule has 1 aliphatic rings. The molecule has 0 atom stereocenters. The summed E-state index contributed by atoms with van der Waals surface area (Å²) in [6.45, 7) is 0. The van der Waals surface area contributed by atoms with Crippen LogP contribution in [0.5, 0.6) is 5.75 Å². The van der Waals surface area contributed by atoms with Crippen molar-refractivity contribution in [3.05, 3.63) is 28.8 Å². The predicted molar refractivity (Wildman–Crippen MR) is 61.6 cm³/mol. The highest BCUT2D eigenvalue weighted by molar-refractivity contribution is 6.34. The van der Waals surface area contributed by atoms with Gasteiger partial charge in [-0.05, 0) is 25.0 Å². The van der Waals surface area contributed by atoms with Crippen LogP contribution in [0, 0.1) is 0 Å². The number of hydrogen-bond donors (Lipinski definition) is 2. The third kappa shape index (κ3) is 2.13. The van der Waals surface area contributed by atoms with Gasteiger partial charge in [-0.25, -0.2) is 0 Å². The van der Waals surface area contributed by atoms with Gasteiger partial charge in [0.25, 0.3) is 5.91 Å². The van der Waals surface area contributed by atoms with Gasteiger partial charge in [0.1, 0.15) is 11.9 Å². The molecule has 4 nitrogen and oxygen atoms in total. The van der Waals surface area contributed by atoms with E-state index in [2.05, 4.69) is 0 Å². The van der Waals surface area contributed by atoms with E-state index in [1.165, 1.54) is 0 Å². The van der Waals surface area contributed by atoms with E-state index in [-0.39, 0.29) is 17.7 Å². The molecule has 1 amide bonds. The van der Waals surface area contributed by atoms with E-state index in [1.54, 1.807) is 18.2 Å². The first-order valence-electron chi connectivity index (χ1n) is 5.08. The summed E-state index contributed by atoms with van der Waals surface area (Å²) in [6.07, 6.45) is 1.65. The number of ether oxygens (including phenoxy) is 1. The molecule has 0 radical (unpaired) electrons. The maximum absolute atomic E-state index is 11.2. The molecule has 5 heteroatoms. The Hall–Kier alpha value is -1.26. The third-order valence-electron chi connectivity index (χ3n) is 2.65. The first-order valence-corrected chi connectivity index (χ1v) is 5.46. The highest BCUT2D eigenvalue weighted by Gasteiger charge is 2.29. The van der Waals surface area contributed by atoms with Gasteiger partial charge in [-0.3, -0.25) is 4.79 Å². The molecule has 0 aromatic heterocycles. The number of nitrogens with two attached hydrogens (primary N) is 2. The van der Waals surface area contributed by atoms with Crippen molar-refractivity contribution < 1.29 is 9.53 Å². The molecule has 1 aromatic carbocycles. The van der Waals surface area contributed by atoms with E-state index in [0.29, 0.717) is 10.8 Å². The van der Waals surface area contributed by atoms with Gasteiger partial charge in [0.2, 0.25) is 0 Å². The molecular formula is C11H13ClN2O2. The van der Waals surface area contributed by atoms with Crippen LogP contribution in [0.4, 0.5) is 0 Å². The summed E-state index contributed by atoms with van der Waals surface area (Å²) < 4.78 is 5.63. The third-order valence-corrected chi connectivity index (χ3v) is 2.96. The zero-order valence-electron chi connectivity index (χ0n) is 8.65. The van der Waals surface area contributed by atoms with Crippen molar-refractivity contribution in [1.29, 1.82) is 0 Å². The number of primary amides is 1. The number of halogens is 1. The maximum atomic E-state index is 11.2. The monoisotopic (exact) mass is 240 g/mol. The smallest absolute Gasteiger partial charge is 0.253 e. The van der Waals surface area contributed by atoms with Crippen molar-refractivity contribution in [1.82, 2.24) is 0 Å². The molecule has 1 aliphatic carbocycles. The fraction of sp³-hybridized carbons (Fsp3) is 0.364. The predicted octanol–water partition coefficient (Wildman–Crippen LogP) is 1.31. The second-order valence-corrected chi connectivity index (χ2v) is 4.36. The lowest BCUT2D eigenvalue weighted by Gasteiger charge is -2.33. The molecule has 1 saturated carbocycles. The molecule has 2 rings (SSSR count). The summed E-state index contributed by atoms with van der Waals surface area (Å²) in [6, 6.07) is 5.22. The van der Waals surface area contributed by atoms with Gasteiger partial charge in [-0.2, -0.15) is 0 Å². The van der Waals surface area contributed by atoms with E-state index < -0.39 is 5.91 Å². The lowest BCUT2D eigenvalue weighted by molar-refractivity contribution is 0.0928. The maximum Gasteiger partial charge on any atom is 0.253 e. The molecule has 0 heterocycles. The Morgan fingerprint density at radius 2 is 2.12 bits per heavy atom. The number of rotatable bonds is 3. The standard InChI is InChI=1S/C11H13ClN2O2/c12-8-2-1-3-9(10(8)11(14)15)16-7-4-6(13)5-7/h1-3,6-7H,4-5,13H2,(H2,14,15). The van der Waals surface area contributed by atoms with E-state index in [0.717, 1.165) is 12.8 Å². The number of carbonyl (C=O) groups is 1. The Morgan fingerprint density at radius 1 is 1.44 bits per heavy atom. The van der Waals surface area contributed by atoms with Crippen molar-refractivity contribution >= 4 is 17.5 Å². The molecule has 86 valence electrons. The second kappa shape index (κ2) is 4.31. The van der Waals surface area contributed by atoms with Crippen LogP contribution < -0.4 is 16.2 Å². The zero-order valence-corrected chi connectivity index (χ0v) is 9.41. The quantitative estimate of drug-likeness (QED) is 0.836. The summed E-state index contributed by atoms with van der Waals surface area (Å²) >= 11 is 5.89. The van der Waals surface area contributed by atoms with Gasteiger partial charge >= 0.3 is 0 Å². The van der Waals surface area contributed by atoms with Crippen LogP contribution in [0.1, 0.15) is 23.2 Å². The van der Waals surface area contributed by atoms with Crippen LogP contribution in [0.3, 0.4) is 0 Å². The van der Waals surface area contributed by atoms with Crippen molar-refractivity contribution in [2.24, 2.45) is 11.5 Å². The summed E-state index contributed by atoms with van der Waals surface area (Å²) in [5, 5.41) is 0.314. The summed E-state index contributed by atoms with van der Waals surface area (Å²) in [4.78, 5) is 11.2. The molecule has 1 fully saturated rings. The minimum atomic E-state index is -0.579. The van der Waals surface area contributed by atoms with E-state index >= 15 is 0 Å². The Morgan fingerprint density at radius 3 is 2.69 bits per heavy atom. The normalized spacial score (nSPS) is 23.6. The highest BCUT2D eigenvalue weighted by Crippen LogP contribution is 2.30. The number of benzene rings is 1. The molecule has 0 saturated heterocycles. The van der Waals surface area contributed by atoms with Gasteiger partial charge in [-0.15, -0.1) is 0 Å². The lowest BCUT2D eigenvalue weighted by Crippen LogP contribution is -2.43. The van der Waals surface area contributed by atoms with Crippen molar-refractivity contribution in [2.45, 2.75) is 25.0 Å². The molecule has 1 aromatic rings. The van der Waals surface area contributed by atoms with Crippen LogP contribution >= 0.6 is 11.6 Å². The van der Waals surface area contributed by atoms with Crippen LogP contribution in [0.2, 0.25) is 5.02 Å². The minimum Gasteiger partial charge on any atom is -0.489 e. The molecule has 0 spiro atoms. The van der Waals surface area contributed by atoms with E-state index in [4.69, 9.17) is 27.8 Å². The Kier molecular flexibility index (Phi) is 3.03. The molecule has 0 bridgehead atoms. The topological polar surface area (TPSA) is 78.3 Å². The SMILES string of the molecule is NC(=O)c1c(Cl)cccc1OC1CC(N)C1. The molecule has 0 aliphatic heterocycles. The summed E-state index contributed by atoms with van der Waals surface area (Å²) in [5.74, 6) is -0.138. The van der Waals surface area contributed by atoms with Crippen molar-refractivity contribution in [2.75, 3.05) is 0 Å². The fourth-order valence-corrected chi connectivity index (χ4v) is 1.98. The first-order chi connectivity index (χ1) is 7.58. The Balaban J connectivity index is 2.19. The first kappa shape index (κ1) is 11.2. The highest BCUT2D eigenvalue weighted by atomic mass is 35.5. The van der Waals surface area contributed by atoms with Crippen LogP contribution in [-0.4, -0.2) is 18.1 Å². The van der Waals surface area contributed by atoms with Crippen LogP contribution in [-0.2, 0) is 0 Å². The van der Waals surface area contributed by atoms with Gasteiger partial charge in [0, 0.05) is 6.04 Å². The number of carbonyl (C=O) groups excluding carboxylic acids is 1. The Labute approximate surface area is 98.5 Å². The average Bonchev–Trinajstić information content (AvgIpc) is 2.14. The largest absolute Gasteiger partial charge is 0.489 e. The summed E-state index contributed by atoms with van der Waals surface area (Å²) in [7, 11) is 0. The van der Waals surface area contributed by atoms with Crippen molar-refractivity contribution in [3.63, 3.8) is 0 Å². The van der Waals surface area contributed by atoms with Gasteiger partial charge in [-0.1, -0.05) is 17.7 Å². The zero-order chi connectivity index (χ0) is 11.7. The van der Waals surface area contributed by atoms with Crippen molar-refractivity contribution in [3.8, 4) is 5.75 Å². The molecule has 16 heavy (non-hydrogen) atoms. The van der Waals surface area contributed by atoms with Crippen LogP contribution in [0.15, 0.2) is 18.2 Å². The number of amides is 1. The van der Waals surface area contributed by atoms with E-state index in [1.807, 2.05) is 0 Å². The van der Waals surface area contributed by atoms with Gasteiger partial charge < -0.3 is 16.2 Å². The fourth-order valence-electron chi connectivity index (χ4n) is 1.72.